The van der Waals surface area contributed by atoms with Gasteiger partial charge in [0.1, 0.15) is 11.6 Å². The van der Waals surface area contributed by atoms with E-state index in [1.165, 1.54) is 24.3 Å². The highest BCUT2D eigenvalue weighted by Gasteiger charge is 2.20. The number of benzene rings is 2. The Morgan fingerprint density at radius 2 is 1.96 bits per heavy atom. The number of rotatable bonds is 5. The Hall–Kier alpha value is -2.76. The van der Waals surface area contributed by atoms with E-state index in [9.17, 15) is 9.18 Å². The molecule has 120 valence electrons. The van der Waals surface area contributed by atoms with Gasteiger partial charge in [0.05, 0.1) is 0 Å². The fourth-order valence-electron chi connectivity index (χ4n) is 2.20. The van der Waals surface area contributed by atoms with Gasteiger partial charge in [-0.25, -0.2) is 4.39 Å². The van der Waals surface area contributed by atoms with Crippen LogP contribution in [-0.2, 0) is 4.79 Å². The fraction of sp³-hybridized carbons (Fsp3) is 0.235. The van der Waals surface area contributed by atoms with Crippen molar-refractivity contribution < 1.29 is 23.4 Å². The van der Waals surface area contributed by atoms with Gasteiger partial charge in [0, 0.05) is 11.8 Å². The smallest absolute Gasteiger partial charge is 0.265 e. The molecule has 0 saturated carbocycles. The Morgan fingerprint density at radius 3 is 2.70 bits per heavy atom. The van der Waals surface area contributed by atoms with Crippen LogP contribution in [0.15, 0.2) is 42.5 Å². The molecule has 6 heteroatoms. The second-order valence-electron chi connectivity index (χ2n) is 5.03. The number of carbonyl (C=O) groups is 1. The minimum absolute atomic E-state index is 0.179. The predicted molar refractivity (Wildman–Crippen MR) is 82.3 cm³/mol. The molecule has 23 heavy (non-hydrogen) atoms. The molecule has 0 fully saturated rings. The summed E-state index contributed by atoms with van der Waals surface area (Å²) in [5, 5.41) is 2.78. The molecule has 1 amide bonds. The summed E-state index contributed by atoms with van der Waals surface area (Å²) in [6, 6.07) is 10.7. The minimum Gasteiger partial charge on any atom is -0.481 e. The minimum atomic E-state index is -0.675. The molecule has 0 unspecified atom stereocenters. The van der Waals surface area contributed by atoms with Crippen LogP contribution in [0, 0.1) is 5.82 Å². The van der Waals surface area contributed by atoms with E-state index >= 15 is 0 Å². The molecule has 1 heterocycles. The molecule has 0 spiro atoms. The maximum absolute atomic E-state index is 12.9. The summed E-state index contributed by atoms with van der Waals surface area (Å²) in [4.78, 5) is 12.3. The first kappa shape index (κ1) is 15.1. The highest BCUT2D eigenvalue weighted by Crippen LogP contribution is 2.34. The Kier molecular flexibility index (Phi) is 4.32. The molecular formula is C17H16FNO4. The summed E-state index contributed by atoms with van der Waals surface area (Å²) in [7, 11) is 0. The quantitative estimate of drug-likeness (QED) is 0.919. The first-order valence-corrected chi connectivity index (χ1v) is 7.28. The summed E-state index contributed by atoms with van der Waals surface area (Å²) >= 11 is 0. The highest BCUT2D eigenvalue weighted by molar-refractivity contribution is 5.94. The SMILES string of the molecule is CC[C@@H](Oc1ccc(F)cc1)C(=O)Nc1ccc2c(c1)OCO2. The van der Waals surface area contributed by atoms with Crippen LogP contribution in [-0.4, -0.2) is 18.8 Å². The third kappa shape index (κ3) is 3.53. The van der Waals surface area contributed by atoms with Crippen LogP contribution >= 0.6 is 0 Å². The van der Waals surface area contributed by atoms with Crippen molar-refractivity contribution in [2.45, 2.75) is 19.4 Å². The number of nitrogens with one attached hydrogen (secondary N) is 1. The van der Waals surface area contributed by atoms with E-state index < -0.39 is 6.10 Å². The average Bonchev–Trinajstić information content (AvgIpc) is 3.02. The summed E-state index contributed by atoms with van der Waals surface area (Å²) in [6.45, 7) is 2.02. The van der Waals surface area contributed by atoms with E-state index in [2.05, 4.69) is 5.32 Å². The molecule has 0 saturated heterocycles. The monoisotopic (exact) mass is 317 g/mol. The number of hydrogen-bond acceptors (Lipinski definition) is 4. The molecule has 2 aromatic rings. The van der Waals surface area contributed by atoms with Gasteiger partial charge < -0.3 is 19.5 Å². The topological polar surface area (TPSA) is 56.8 Å². The molecule has 1 aliphatic rings. The molecule has 0 bridgehead atoms. The third-order valence-corrected chi connectivity index (χ3v) is 3.40. The van der Waals surface area contributed by atoms with Crippen molar-refractivity contribution in [3.63, 3.8) is 0 Å². The summed E-state index contributed by atoms with van der Waals surface area (Å²) in [5.74, 6) is 1.05. The Balaban J connectivity index is 1.66. The largest absolute Gasteiger partial charge is 0.481 e. The third-order valence-electron chi connectivity index (χ3n) is 3.40. The number of ether oxygens (including phenoxy) is 3. The van der Waals surface area contributed by atoms with Crippen molar-refractivity contribution in [2.24, 2.45) is 0 Å². The van der Waals surface area contributed by atoms with E-state index in [1.807, 2.05) is 6.92 Å². The van der Waals surface area contributed by atoms with E-state index in [0.717, 1.165) is 0 Å². The van der Waals surface area contributed by atoms with E-state index in [0.29, 0.717) is 29.4 Å². The second-order valence-corrected chi connectivity index (χ2v) is 5.03. The first-order valence-electron chi connectivity index (χ1n) is 7.28. The standard InChI is InChI=1S/C17H16FNO4/c1-2-14(23-13-6-3-11(18)4-7-13)17(20)19-12-5-8-15-16(9-12)22-10-21-15/h3-9,14H,2,10H2,1H3,(H,19,20)/t14-/m1/s1. The zero-order valence-electron chi connectivity index (χ0n) is 12.5. The van der Waals surface area contributed by atoms with Crippen molar-refractivity contribution in [1.29, 1.82) is 0 Å². The molecule has 1 atom stereocenters. The lowest BCUT2D eigenvalue weighted by atomic mass is 10.2. The normalized spacial score (nSPS) is 13.5. The fourth-order valence-corrected chi connectivity index (χ4v) is 2.20. The van der Waals surface area contributed by atoms with Crippen LogP contribution in [0.2, 0.25) is 0 Å². The average molecular weight is 317 g/mol. The summed E-state index contributed by atoms with van der Waals surface area (Å²) in [5.41, 5.74) is 0.598. The molecule has 0 aromatic heterocycles. The number of hydrogen-bond donors (Lipinski definition) is 1. The molecular weight excluding hydrogens is 301 g/mol. The Bertz CT molecular complexity index is 702. The number of halogens is 1. The maximum atomic E-state index is 12.9. The van der Waals surface area contributed by atoms with Gasteiger partial charge in [-0.3, -0.25) is 4.79 Å². The first-order chi connectivity index (χ1) is 11.2. The number of carbonyl (C=O) groups excluding carboxylic acids is 1. The van der Waals surface area contributed by atoms with Gasteiger partial charge in [-0.2, -0.15) is 0 Å². The maximum Gasteiger partial charge on any atom is 0.265 e. The van der Waals surface area contributed by atoms with Crippen LogP contribution in [0.1, 0.15) is 13.3 Å². The lowest BCUT2D eigenvalue weighted by Crippen LogP contribution is -2.32. The summed E-state index contributed by atoms with van der Waals surface area (Å²) in [6.07, 6.45) is -0.195. The molecule has 1 aliphatic heterocycles. The molecule has 0 radical (unpaired) electrons. The van der Waals surface area contributed by atoms with Gasteiger partial charge in [0.2, 0.25) is 6.79 Å². The molecule has 1 N–H and O–H groups in total. The van der Waals surface area contributed by atoms with Crippen LogP contribution in [0.4, 0.5) is 10.1 Å². The van der Waals surface area contributed by atoms with Gasteiger partial charge in [0.25, 0.3) is 5.91 Å². The van der Waals surface area contributed by atoms with Crippen LogP contribution < -0.4 is 19.5 Å². The zero-order valence-corrected chi connectivity index (χ0v) is 12.5. The highest BCUT2D eigenvalue weighted by atomic mass is 19.1. The second kappa shape index (κ2) is 6.56. The number of fused-ring (bicyclic) bond motifs is 1. The van der Waals surface area contributed by atoms with Crippen molar-refractivity contribution >= 4 is 11.6 Å². The Morgan fingerprint density at radius 1 is 1.22 bits per heavy atom. The van der Waals surface area contributed by atoms with Gasteiger partial charge in [-0.05, 0) is 42.8 Å². The van der Waals surface area contributed by atoms with Gasteiger partial charge in [-0.15, -0.1) is 0 Å². The van der Waals surface area contributed by atoms with Crippen molar-refractivity contribution in [2.75, 3.05) is 12.1 Å². The van der Waals surface area contributed by atoms with Gasteiger partial charge in [0.15, 0.2) is 17.6 Å². The molecule has 0 aliphatic carbocycles. The zero-order chi connectivity index (χ0) is 16.2. The Labute approximate surface area is 133 Å². The van der Waals surface area contributed by atoms with Crippen molar-refractivity contribution in [1.82, 2.24) is 0 Å². The lowest BCUT2D eigenvalue weighted by Gasteiger charge is -2.17. The van der Waals surface area contributed by atoms with Gasteiger partial charge >= 0.3 is 0 Å². The van der Waals surface area contributed by atoms with E-state index in [1.54, 1.807) is 18.2 Å². The predicted octanol–water partition coefficient (Wildman–Crippen LogP) is 3.35. The van der Waals surface area contributed by atoms with Crippen LogP contribution in [0.5, 0.6) is 17.2 Å². The molecule has 2 aromatic carbocycles. The summed E-state index contributed by atoms with van der Waals surface area (Å²) < 4.78 is 29.0. The molecule has 3 rings (SSSR count). The van der Waals surface area contributed by atoms with Crippen molar-refractivity contribution in [3.05, 3.63) is 48.3 Å². The van der Waals surface area contributed by atoms with Crippen LogP contribution in [0.3, 0.4) is 0 Å². The number of amides is 1. The lowest BCUT2D eigenvalue weighted by molar-refractivity contribution is -0.122. The van der Waals surface area contributed by atoms with E-state index in [4.69, 9.17) is 14.2 Å². The van der Waals surface area contributed by atoms with Crippen molar-refractivity contribution in [3.8, 4) is 17.2 Å². The number of anilines is 1. The van der Waals surface area contributed by atoms with E-state index in [-0.39, 0.29) is 18.5 Å². The van der Waals surface area contributed by atoms with Gasteiger partial charge in [-0.1, -0.05) is 6.92 Å². The molecule has 5 nitrogen and oxygen atoms in total. The van der Waals surface area contributed by atoms with Crippen LogP contribution in [0.25, 0.3) is 0 Å².